The van der Waals surface area contributed by atoms with Crippen molar-refractivity contribution < 1.29 is 13.2 Å². The normalized spacial score (nSPS) is 13.9. The molecule has 1 aromatic carbocycles. The fraction of sp³-hybridized carbons (Fsp3) is 0.286. The van der Waals surface area contributed by atoms with Gasteiger partial charge in [0.1, 0.15) is 0 Å². The molecule has 1 aliphatic heterocycles. The number of sulfonamides is 1. The average Bonchev–Trinajstić information content (AvgIpc) is 3.04. The predicted molar refractivity (Wildman–Crippen MR) is 91.8 cm³/mol. The lowest BCUT2D eigenvalue weighted by atomic mass is 10.2. The van der Waals surface area contributed by atoms with Gasteiger partial charge in [-0.15, -0.1) is 11.3 Å². The number of anilines is 2. The standard InChI is InChI=1S/C14H14ClN3O3S2/c1-23(20,21)17-14-16-9(8-22-14)7-13(19)18-6-5-10-11(15)3-2-4-12(10)18/h2-4,8H,5-7H2,1H3,(H,16,17). The van der Waals surface area contributed by atoms with E-state index in [4.69, 9.17) is 11.6 Å². The molecule has 2 heterocycles. The molecule has 1 amide bonds. The molecule has 0 radical (unpaired) electrons. The molecule has 0 fully saturated rings. The summed E-state index contributed by atoms with van der Waals surface area (Å²) < 4.78 is 24.7. The Morgan fingerprint density at radius 1 is 1.48 bits per heavy atom. The first-order valence-electron chi connectivity index (χ1n) is 6.83. The number of benzene rings is 1. The summed E-state index contributed by atoms with van der Waals surface area (Å²) in [6.45, 7) is 0.594. The molecular weight excluding hydrogens is 358 g/mol. The summed E-state index contributed by atoms with van der Waals surface area (Å²) >= 11 is 7.31. The zero-order valence-corrected chi connectivity index (χ0v) is 14.6. The Hall–Kier alpha value is -1.64. The minimum Gasteiger partial charge on any atom is -0.311 e. The monoisotopic (exact) mass is 371 g/mol. The van der Waals surface area contributed by atoms with E-state index in [2.05, 4.69) is 9.71 Å². The first-order chi connectivity index (χ1) is 10.8. The number of hydrogen-bond donors (Lipinski definition) is 1. The minimum absolute atomic E-state index is 0.0813. The summed E-state index contributed by atoms with van der Waals surface area (Å²) in [6, 6.07) is 5.52. The van der Waals surface area contributed by atoms with E-state index >= 15 is 0 Å². The van der Waals surface area contributed by atoms with Gasteiger partial charge in [-0.25, -0.2) is 13.4 Å². The van der Waals surface area contributed by atoms with Gasteiger partial charge in [-0.05, 0) is 24.1 Å². The molecular formula is C14H14ClN3O3S2. The maximum absolute atomic E-state index is 12.5. The Balaban J connectivity index is 1.73. The lowest BCUT2D eigenvalue weighted by Crippen LogP contribution is -2.30. The second-order valence-electron chi connectivity index (χ2n) is 5.23. The average molecular weight is 372 g/mol. The predicted octanol–water partition coefficient (Wildman–Crippen LogP) is 2.30. The van der Waals surface area contributed by atoms with Crippen LogP contribution in [0.4, 0.5) is 10.8 Å². The molecule has 0 saturated heterocycles. The first-order valence-corrected chi connectivity index (χ1v) is 9.98. The number of hydrogen-bond acceptors (Lipinski definition) is 5. The van der Waals surface area contributed by atoms with Crippen LogP contribution in [0.2, 0.25) is 5.02 Å². The van der Waals surface area contributed by atoms with Gasteiger partial charge in [-0.1, -0.05) is 17.7 Å². The maximum Gasteiger partial charge on any atom is 0.233 e. The second kappa shape index (κ2) is 6.10. The van der Waals surface area contributed by atoms with E-state index in [-0.39, 0.29) is 17.5 Å². The molecule has 0 atom stereocenters. The van der Waals surface area contributed by atoms with Crippen molar-refractivity contribution in [2.45, 2.75) is 12.8 Å². The van der Waals surface area contributed by atoms with E-state index in [1.54, 1.807) is 10.3 Å². The Morgan fingerprint density at radius 2 is 2.26 bits per heavy atom. The SMILES string of the molecule is CS(=O)(=O)Nc1nc(CC(=O)N2CCc3c(Cl)cccc32)cs1. The Labute approximate surface area is 143 Å². The number of nitrogens with one attached hydrogen (secondary N) is 1. The van der Waals surface area contributed by atoms with E-state index in [0.717, 1.165) is 35.3 Å². The summed E-state index contributed by atoms with van der Waals surface area (Å²) in [5.74, 6) is -0.0813. The zero-order valence-electron chi connectivity index (χ0n) is 12.2. The van der Waals surface area contributed by atoms with Gasteiger partial charge in [0.2, 0.25) is 15.9 Å². The summed E-state index contributed by atoms with van der Waals surface area (Å²) in [5, 5.41) is 2.62. The molecule has 122 valence electrons. The number of carbonyl (C=O) groups is 1. The fourth-order valence-electron chi connectivity index (χ4n) is 2.49. The van der Waals surface area contributed by atoms with Crippen LogP contribution in [0.3, 0.4) is 0 Å². The van der Waals surface area contributed by atoms with Gasteiger partial charge in [-0.3, -0.25) is 9.52 Å². The quantitative estimate of drug-likeness (QED) is 0.894. The molecule has 9 heteroatoms. The van der Waals surface area contributed by atoms with E-state index in [1.807, 2.05) is 18.2 Å². The van der Waals surface area contributed by atoms with Crippen molar-refractivity contribution in [3.63, 3.8) is 0 Å². The van der Waals surface area contributed by atoms with E-state index in [1.165, 1.54) is 0 Å². The van der Waals surface area contributed by atoms with Crippen LogP contribution in [0.1, 0.15) is 11.3 Å². The van der Waals surface area contributed by atoms with Crippen molar-refractivity contribution in [1.82, 2.24) is 4.98 Å². The lowest BCUT2D eigenvalue weighted by molar-refractivity contribution is -0.117. The molecule has 0 saturated carbocycles. The molecule has 0 spiro atoms. The van der Waals surface area contributed by atoms with Crippen LogP contribution in [0.15, 0.2) is 23.6 Å². The van der Waals surface area contributed by atoms with Crippen LogP contribution in [-0.4, -0.2) is 32.1 Å². The summed E-state index contributed by atoms with van der Waals surface area (Å²) in [5.41, 5.74) is 2.37. The van der Waals surface area contributed by atoms with Crippen LogP contribution in [0.25, 0.3) is 0 Å². The summed E-state index contributed by atoms with van der Waals surface area (Å²) in [6.07, 6.45) is 1.91. The largest absolute Gasteiger partial charge is 0.311 e. The van der Waals surface area contributed by atoms with Crippen LogP contribution >= 0.6 is 22.9 Å². The van der Waals surface area contributed by atoms with Gasteiger partial charge in [-0.2, -0.15) is 0 Å². The Morgan fingerprint density at radius 3 is 3.00 bits per heavy atom. The Bertz CT molecular complexity index is 864. The first kappa shape index (κ1) is 16.2. The topological polar surface area (TPSA) is 79.4 Å². The molecule has 1 aromatic heterocycles. The van der Waals surface area contributed by atoms with E-state index in [9.17, 15) is 13.2 Å². The molecule has 23 heavy (non-hydrogen) atoms. The van der Waals surface area contributed by atoms with Gasteiger partial charge >= 0.3 is 0 Å². The summed E-state index contributed by atoms with van der Waals surface area (Å²) in [4.78, 5) is 18.3. The highest BCUT2D eigenvalue weighted by Gasteiger charge is 2.26. The third-order valence-electron chi connectivity index (χ3n) is 3.43. The van der Waals surface area contributed by atoms with Crippen molar-refractivity contribution in [3.8, 4) is 0 Å². The van der Waals surface area contributed by atoms with Gasteiger partial charge in [0.05, 0.1) is 18.4 Å². The van der Waals surface area contributed by atoms with Crippen LogP contribution in [0, 0.1) is 0 Å². The maximum atomic E-state index is 12.5. The highest BCUT2D eigenvalue weighted by Crippen LogP contribution is 2.33. The highest BCUT2D eigenvalue weighted by molar-refractivity contribution is 7.92. The third kappa shape index (κ3) is 3.65. The molecule has 6 nitrogen and oxygen atoms in total. The molecule has 1 N–H and O–H groups in total. The smallest absolute Gasteiger partial charge is 0.233 e. The third-order valence-corrected chi connectivity index (χ3v) is 5.28. The highest BCUT2D eigenvalue weighted by atomic mass is 35.5. The molecule has 3 rings (SSSR count). The van der Waals surface area contributed by atoms with Crippen molar-refractivity contribution in [1.29, 1.82) is 0 Å². The van der Waals surface area contributed by atoms with Crippen LogP contribution in [-0.2, 0) is 27.7 Å². The zero-order chi connectivity index (χ0) is 16.6. The number of nitrogens with zero attached hydrogens (tertiary/aromatic N) is 2. The number of thiazole rings is 1. The molecule has 0 aliphatic carbocycles. The van der Waals surface area contributed by atoms with Crippen molar-refractivity contribution in [2.75, 3.05) is 22.4 Å². The minimum atomic E-state index is -3.36. The van der Waals surface area contributed by atoms with E-state index < -0.39 is 10.0 Å². The number of fused-ring (bicyclic) bond motifs is 1. The van der Waals surface area contributed by atoms with Gasteiger partial charge in [0.15, 0.2) is 5.13 Å². The molecule has 0 bridgehead atoms. The Kier molecular flexibility index (Phi) is 4.31. The number of amides is 1. The van der Waals surface area contributed by atoms with Crippen molar-refractivity contribution in [3.05, 3.63) is 39.9 Å². The molecule has 2 aromatic rings. The van der Waals surface area contributed by atoms with Crippen molar-refractivity contribution >= 4 is 49.7 Å². The van der Waals surface area contributed by atoms with Gasteiger partial charge in [0, 0.05) is 22.6 Å². The van der Waals surface area contributed by atoms with E-state index in [0.29, 0.717) is 17.3 Å². The lowest BCUT2D eigenvalue weighted by Gasteiger charge is -2.16. The van der Waals surface area contributed by atoms with Gasteiger partial charge < -0.3 is 4.90 Å². The number of aromatic nitrogens is 1. The van der Waals surface area contributed by atoms with Crippen molar-refractivity contribution in [2.24, 2.45) is 0 Å². The molecule has 1 aliphatic rings. The summed E-state index contributed by atoms with van der Waals surface area (Å²) in [7, 11) is -3.36. The second-order valence-corrected chi connectivity index (χ2v) is 8.24. The fourth-order valence-corrected chi connectivity index (χ4v) is 4.32. The van der Waals surface area contributed by atoms with Crippen LogP contribution < -0.4 is 9.62 Å². The van der Waals surface area contributed by atoms with Gasteiger partial charge in [0.25, 0.3) is 0 Å². The number of carbonyl (C=O) groups excluding carboxylic acids is 1. The number of halogens is 1. The number of rotatable bonds is 4. The molecule has 0 unspecified atom stereocenters. The van der Waals surface area contributed by atoms with Crippen LogP contribution in [0.5, 0.6) is 0 Å².